The molecule has 0 fully saturated rings. The van der Waals surface area contributed by atoms with Gasteiger partial charge in [0.1, 0.15) is 0 Å². The van der Waals surface area contributed by atoms with Gasteiger partial charge in [0.05, 0.1) is 23.3 Å². The first kappa shape index (κ1) is 20.4. The number of nitrogens with zero attached hydrogens (tertiary/aromatic N) is 1. The summed E-state index contributed by atoms with van der Waals surface area (Å²) in [7, 11) is 1.30. The van der Waals surface area contributed by atoms with Crippen molar-refractivity contribution < 1.29 is 19.2 Å². The summed E-state index contributed by atoms with van der Waals surface area (Å²) < 4.78 is 4.69. The van der Waals surface area contributed by atoms with Crippen LogP contribution in [0.25, 0.3) is 0 Å². The van der Waals surface area contributed by atoms with Gasteiger partial charge < -0.3 is 10.1 Å². The van der Waals surface area contributed by atoms with E-state index in [2.05, 4.69) is 10.1 Å². The van der Waals surface area contributed by atoms with Crippen molar-refractivity contribution >= 4 is 35.0 Å². The lowest BCUT2D eigenvalue weighted by molar-refractivity contribution is -0.384. The van der Waals surface area contributed by atoms with E-state index in [1.807, 2.05) is 13.8 Å². The van der Waals surface area contributed by atoms with Crippen LogP contribution in [0.3, 0.4) is 0 Å². The molecule has 8 heteroatoms. The zero-order valence-electron chi connectivity index (χ0n) is 15.2. The van der Waals surface area contributed by atoms with E-state index in [0.29, 0.717) is 11.3 Å². The number of thioether (sulfide) groups is 1. The van der Waals surface area contributed by atoms with E-state index in [1.54, 1.807) is 30.3 Å². The molecule has 2 rings (SSSR count). The van der Waals surface area contributed by atoms with Gasteiger partial charge in [-0.05, 0) is 37.1 Å². The number of esters is 1. The summed E-state index contributed by atoms with van der Waals surface area (Å²) in [6.45, 7) is 3.72. The second-order valence-electron chi connectivity index (χ2n) is 5.87. The first-order chi connectivity index (χ1) is 12.8. The van der Waals surface area contributed by atoms with Crippen molar-refractivity contribution in [2.75, 3.05) is 18.2 Å². The molecule has 0 aliphatic rings. The molecule has 2 aromatic rings. The number of hydrogen-bond donors (Lipinski definition) is 1. The van der Waals surface area contributed by atoms with Crippen molar-refractivity contribution in [2.45, 2.75) is 19.1 Å². The maximum atomic E-state index is 12.3. The number of hydrogen-bond acceptors (Lipinski definition) is 6. The zero-order valence-corrected chi connectivity index (χ0v) is 16.0. The van der Waals surface area contributed by atoms with Crippen LogP contribution in [0.1, 0.15) is 33.7 Å². The molecule has 0 radical (unpaired) electrons. The number of rotatable bonds is 7. The predicted molar refractivity (Wildman–Crippen MR) is 105 cm³/mol. The topological polar surface area (TPSA) is 98.5 Å². The molecule has 0 aliphatic heterocycles. The van der Waals surface area contributed by atoms with Gasteiger partial charge in [0.25, 0.3) is 5.69 Å². The van der Waals surface area contributed by atoms with Gasteiger partial charge >= 0.3 is 5.97 Å². The van der Waals surface area contributed by atoms with Crippen molar-refractivity contribution in [3.05, 3.63) is 69.3 Å². The second-order valence-corrected chi connectivity index (χ2v) is 7.20. The number of methoxy groups -OCH3 is 1. The summed E-state index contributed by atoms with van der Waals surface area (Å²) in [5.41, 5.74) is 2.54. The van der Waals surface area contributed by atoms with Gasteiger partial charge in [0.2, 0.25) is 5.91 Å². The van der Waals surface area contributed by atoms with Crippen molar-refractivity contribution in [3.63, 3.8) is 0 Å². The molecule has 1 amide bonds. The molecule has 0 saturated carbocycles. The number of benzene rings is 2. The molecular weight excluding hydrogens is 368 g/mol. The van der Waals surface area contributed by atoms with E-state index in [-0.39, 0.29) is 22.6 Å². The van der Waals surface area contributed by atoms with E-state index in [9.17, 15) is 19.7 Å². The molecule has 0 unspecified atom stereocenters. The van der Waals surface area contributed by atoms with Crippen LogP contribution >= 0.6 is 11.8 Å². The molecule has 1 atom stereocenters. The van der Waals surface area contributed by atoms with Crippen molar-refractivity contribution in [3.8, 4) is 0 Å². The lowest BCUT2D eigenvalue weighted by atomic mass is 10.1. The van der Waals surface area contributed by atoms with Crippen LogP contribution in [0.15, 0.2) is 42.5 Å². The van der Waals surface area contributed by atoms with Crippen LogP contribution in [0.5, 0.6) is 0 Å². The van der Waals surface area contributed by atoms with Gasteiger partial charge in [-0.1, -0.05) is 18.2 Å². The Bertz CT molecular complexity index is 869. The molecule has 0 bridgehead atoms. The summed E-state index contributed by atoms with van der Waals surface area (Å²) >= 11 is 1.37. The SMILES string of the molecule is COC(=O)c1ccc(C)c(NC(=O)CS[C@H](C)c2cccc([N+](=O)[O-])c2)c1. The summed E-state index contributed by atoms with van der Waals surface area (Å²) in [4.78, 5) is 34.3. The Labute approximate surface area is 161 Å². The Kier molecular flexibility index (Phi) is 6.95. The fourth-order valence-corrected chi connectivity index (χ4v) is 3.19. The third-order valence-corrected chi connectivity index (χ3v) is 5.15. The number of non-ortho nitro benzene ring substituents is 1. The second kappa shape index (κ2) is 9.18. The lowest BCUT2D eigenvalue weighted by Gasteiger charge is -2.13. The van der Waals surface area contributed by atoms with Crippen LogP contribution in [-0.2, 0) is 9.53 Å². The average molecular weight is 388 g/mol. The van der Waals surface area contributed by atoms with Crippen LogP contribution < -0.4 is 5.32 Å². The molecule has 0 heterocycles. The normalized spacial score (nSPS) is 11.5. The molecule has 7 nitrogen and oxygen atoms in total. The molecule has 0 aromatic heterocycles. The Morgan fingerprint density at radius 2 is 2.00 bits per heavy atom. The van der Waals surface area contributed by atoms with Gasteiger partial charge in [-0.25, -0.2) is 4.79 Å². The van der Waals surface area contributed by atoms with Crippen LogP contribution in [0.2, 0.25) is 0 Å². The molecule has 0 spiro atoms. The molecular formula is C19H20N2O5S. The number of aryl methyl sites for hydroxylation is 1. The number of nitro groups is 1. The molecule has 1 N–H and O–H groups in total. The van der Waals surface area contributed by atoms with Gasteiger partial charge in [-0.15, -0.1) is 11.8 Å². The maximum Gasteiger partial charge on any atom is 0.337 e. The average Bonchev–Trinajstić information content (AvgIpc) is 2.67. The third kappa shape index (κ3) is 5.55. The van der Waals surface area contributed by atoms with Gasteiger partial charge in [-0.2, -0.15) is 0 Å². The van der Waals surface area contributed by atoms with Crippen LogP contribution in [0.4, 0.5) is 11.4 Å². The fraction of sp³-hybridized carbons (Fsp3) is 0.263. The minimum absolute atomic E-state index is 0.0275. The minimum Gasteiger partial charge on any atom is -0.465 e. The zero-order chi connectivity index (χ0) is 20.0. The van der Waals surface area contributed by atoms with E-state index < -0.39 is 10.9 Å². The first-order valence-electron chi connectivity index (χ1n) is 8.16. The van der Waals surface area contributed by atoms with E-state index in [0.717, 1.165) is 11.1 Å². The van der Waals surface area contributed by atoms with E-state index >= 15 is 0 Å². The monoisotopic (exact) mass is 388 g/mol. The number of nitro benzene ring substituents is 1. The number of nitrogens with one attached hydrogen (secondary N) is 1. The number of carbonyl (C=O) groups is 2. The molecule has 0 saturated heterocycles. The Hall–Kier alpha value is -2.87. The van der Waals surface area contributed by atoms with E-state index in [1.165, 1.54) is 31.0 Å². The Morgan fingerprint density at radius 1 is 1.26 bits per heavy atom. The van der Waals surface area contributed by atoms with Crippen LogP contribution in [0, 0.1) is 17.0 Å². The fourth-order valence-electron chi connectivity index (χ4n) is 2.38. The van der Waals surface area contributed by atoms with Gasteiger partial charge in [-0.3, -0.25) is 14.9 Å². The first-order valence-corrected chi connectivity index (χ1v) is 9.21. The van der Waals surface area contributed by atoms with Crippen LogP contribution in [-0.4, -0.2) is 29.7 Å². The molecule has 0 aliphatic carbocycles. The smallest absolute Gasteiger partial charge is 0.337 e. The van der Waals surface area contributed by atoms with Gasteiger partial charge in [0.15, 0.2) is 0 Å². The van der Waals surface area contributed by atoms with Crippen molar-refractivity contribution in [2.24, 2.45) is 0 Å². The summed E-state index contributed by atoms with van der Waals surface area (Å²) in [6.07, 6.45) is 0. The standard InChI is InChI=1S/C19H20N2O5S/c1-12-7-8-15(19(23)26-3)10-17(12)20-18(22)11-27-13(2)14-5-4-6-16(9-14)21(24)25/h4-10,13H,11H2,1-3H3,(H,20,22)/t13-/m1/s1. The molecule has 27 heavy (non-hydrogen) atoms. The quantitative estimate of drug-likeness (QED) is 0.435. The Balaban J connectivity index is 1.99. The highest BCUT2D eigenvalue weighted by atomic mass is 32.2. The number of amides is 1. The highest BCUT2D eigenvalue weighted by Crippen LogP contribution is 2.30. The highest BCUT2D eigenvalue weighted by Gasteiger charge is 2.14. The van der Waals surface area contributed by atoms with Gasteiger partial charge in [0, 0.05) is 23.1 Å². The third-order valence-electron chi connectivity index (χ3n) is 3.95. The molecule has 142 valence electrons. The molecule has 2 aromatic carbocycles. The van der Waals surface area contributed by atoms with E-state index in [4.69, 9.17) is 0 Å². The van der Waals surface area contributed by atoms with Crippen molar-refractivity contribution in [1.29, 1.82) is 0 Å². The highest BCUT2D eigenvalue weighted by molar-refractivity contribution is 8.00. The summed E-state index contributed by atoms with van der Waals surface area (Å²) in [6, 6.07) is 11.3. The van der Waals surface area contributed by atoms with Crippen molar-refractivity contribution in [1.82, 2.24) is 0 Å². The Morgan fingerprint density at radius 3 is 2.67 bits per heavy atom. The summed E-state index contributed by atoms with van der Waals surface area (Å²) in [5.74, 6) is -0.521. The number of ether oxygens (including phenoxy) is 1. The predicted octanol–water partition coefficient (Wildman–Crippen LogP) is 4.12. The largest absolute Gasteiger partial charge is 0.465 e. The summed E-state index contributed by atoms with van der Waals surface area (Å²) in [5, 5.41) is 13.6. The number of anilines is 1. The lowest BCUT2D eigenvalue weighted by Crippen LogP contribution is -2.16. The maximum absolute atomic E-state index is 12.3. The number of carbonyl (C=O) groups excluding carboxylic acids is 2. The minimum atomic E-state index is -0.473.